The van der Waals surface area contributed by atoms with Crippen LogP contribution in [-0.2, 0) is 17.9 Å². The normalized spacial score (nSPS) is 13.6. The van der Waals surface area contributed by atoms with E-state index in [0.717, 1.165) is 22.2 Å². The Kier molecular flexibility index (Phi) is 3.66. The molecule has 0 saturated carbocycles. The van der Waals surface area contributed by atoms with Crippen molar-refractivity contribution in [3.8, 4) is 11.1 Å². The Morgan fingerprint density at radius 1 is 1.20 bits per heavy atom. The lowest BCUT2D eigenvalue weighted by Crippen LogP contribution is -2.26. The average molecular weight is 334 g/mol. The molecule has 1 aliphatic heterocycles. The van der Waals surface area contributed by atoms with Gasteiger partial charge >= 0.3 is 0 Å². The predicted molar refractivity (Wildman–Crippen MR) is 97.8 cm³/mol. The van der Waals surface area contributed by atoms with Crippen molar-refractivity contribution in [1.29, 1.82) is 0 Å². The number of benzene rings is 2. The molecule has 0 aliphatic carbocycles. The average Bonchev–Trinajstić information content (AvgIpc) is 2.64. The zero-order valence-corrected chi connectivity index (χ0v) is 13.9. The second-order valence-corrected chi connectivity index (χ2v) is 6.32. The van der Waals surface area contributed by atoms with Crippen LogP contribution in [0, 0.1) is 6.92 Å². The quantitative estimate of drug-likeness (QED) is 0.578. The molecule has 1 aromatic heterocycles. The molecular weight excluding hydrogens is 316 g/mol. The van der Waals surface area contributed by atoms with Gasteiger partial charge in [0.25, 0.3) is 0 Å². The molecule has 1 aliphatic rings. The number of nitrogen functional groups attached to an aromatic ring is 1. The summed E-state index contributed by atoms with van der Waals surface area (Å²) in [7, 11) is 0. The van der Waals surface area contributed by atoms with Crippen molar-refractivity contribution in [2.45, 2.75) is 20.1 Å². The molecule has 5 nitrogen and oxygen atoms in total. The number of pyridine rings is 1. The van der Waals surface area contributed by atoms with E-state index in [9.17, 15) is 9.59 Å². The molecule has 0 radical (unpaired) electrons. The van der Waals surface area contributed by atoms with E-state index >= 15 is 0 Å². The Labute approximate surface area is 144 Å². The lowest BCUT2D eigenvalue weighted by Gasteiger charge is -2.23. The van der Waals surface area contributed by atoms with Crippen LogP contribution in [0.15, 0.2) is 41.2 Å². The molecule has 2 heterocycles. The molecule has 2 N–H and O–H groups in total. The van der Waals surface area contributed by atoms with Crippen molar-refractivity contribution in [3.63, 3.8) is 0 Å². The maximum Gasteiger partial charge on any atom is 0.200 e. The number of carbonyl (C=O) groups is 1. The number of nitrogens with two attached hydrogens (primary N) is 1. The predicted octanol–water partition coefficient (Wildman–Crippen LogP) is 2.90. The maximum atomic E-state index is 12.7. The first-order valence-corrected chi connectivity index (χ1v) is 8.19. The highest BCUT2D eigenvalue weighted by molar-refractivity contribution is 5.91. The fraction of sp³-hybridized carbons (Fsp3) is 0.200. The van der Waals surface area contributed by atoms with Crippen LogP contribution in [0.3, 0.4) is 0 Å². The molecule has 2 aromatic carbocycles. The molecule has 5 heteroatoms. The highest BCUT2D eigenvalue weighted by Crippen LogP contribution is 2.29. The number of rotatable bonds is 2. The molecule has 126 valence electrons. The Morgan fingerprint density at radius 2 is 2.04 bits per heavy atom. The minimum atomic E-state index is -0.238. The van der Waals surface area contributed by atoms with E-state index in [0.29, 0.717) is 36.2 Å². The summed E-state index contributed by atoms with van der Waals surface area (Å²) in [6, 6.07) is 11.5. The van der Waals surface area contributed by atoms with Crippen molar-refractivity contribution in [3.05, 3.63) is 63.4 Å². The zero-order valence-electron chi connectivity index (χ0n) is 13.9. The molecule has 0 unspecified atom stereocenters. The Balaban J connectivity index is 2.05. The van der Waals surface area contributed by atoms with Gasteiger partial charge in [-0.3, -0.25) is 9.59 Å². The van der Waals surface area contributed by atoms with E-state index in [-0.39, 0.29) is 17.6 Å². The number of ether oxygens (including phenoxy) is 1. The highest BCUT2D eigenvalue weighted by Gasteiger charge is 2.20. The van der Waals surface area contributed by atoms with Crippen LogP contribution in [0.4, 0.5) is 5.69 Å². The second-order valence-electron chi connectivity index (χ2n) is 6.32. The van der Waals surface area contributed by atoms with Gasteiger partial charge in [-0.2, -0.15) is 0 Å². The third-order valence-corrected chi connectivity index (χ3v) is 4.80. The van der Waals surface area contributed by atoms with Crippen molar-refractivity contribution >= 4 is 22.9 Å². The lowest BCUT2D eigenvalue weighted by molar-refractivity contribution is 0.0838. The van der Waals surface area contributed by atoms with Gasteiger partial charge in [-0.05, 0) is 47.9 Å². The summed E-state index contributed by atoms with van der Waals surface area (Å²) >= 11 is 0. The number of aldehydes is 1. The number of carbonyl (C=O) groups excluding carboxylic acids is 1. The Hall–Kier alpha value is -2.92. The Morgan fingerprint density at radius 3 is 2.84 bits per heavy atom. The van der Waals surface area contributed by atoms with E-state index in [1.165, 1.54) is 0 Å². The van der Waals surface area contributed by atoms with E-state index in [2.05, 4.69) is 0 Å². The minimum absolute atomic E-state index is 0.195. The lowest BCUT2D eigenvalue weighted by atomic mass is 9.97. The van der Waals surface area contributed by atoms with Crippen LogP contribution < -0.4 is 11.2 Å². The molecular formula is C20H18N2O3. The number of anilines is 1. The van der Waals surface area contributed by atoms with Crippen molar-refractivity contribution in [2.75, 3.05) is 12.3 Å². The molecule has 0 fully saturated rings. The van der Waals surface area contributed by atoms with Crippen LogP contribution in [0.5, 0.6) is 0 Å². The SMILES string of the molecule is Cc1ccc(N)cc1-c1ccc2c(=O)c(C=O)c3n(c2c1)CCOC3. The Bertz CT molecular complexity index is 1070. The van der Waals surface area contributed by atoms with E-state index in [4.69, 9.17) is 10.5 Å². The molecule has 0 atom stereocenters. The van der Waals surface area contributed by atoms with Gasteiger partial charge in [0, 0.05) is 17.6 Å². The van der Waals surface area contributed by atoms with E-state index < -0.39 is 0 Å². The number of hydrogen-bond donors (Lipinski definition) is 1. The van der Waals surface area contributed by atoms with Gasteiger partial charge in [0.2, 0.25) is 0 Å². The van der Waals surface area contributed by atoms with Crippen molar-refractivity contribution < 1.29 is 9.53 Å². The fourth-order valence-corrected chi connectivity index (χ4v) is 3.49. The van der Waals surface area contributed by atoms with Crippen LogP contribution in [0.1, 0.15) is 21.6 Å². The van der Waals surface area contributed by atoms with Crippen molar-refractivity contribution in [1.82, 2.24) is 4.57 Å². The van der Waals surface area contributed by atoms with Gasteiger partial charge < -0.3 is 15.0 Å². The van der Waals surface area contributed by atoms with Crippen molar-refractivity contribution in [2.24, 2.45) is 0 Å². The first-order valence-electron chi connectivity index (χ1n) is 8.19. The first kappa shape index (κ1) is 15.6. The fourth-order valence-electron chi connectivity index (χ4n) is 3.49. The van der Waals surface area contributed by atoms with Gasteiger partial charge in [-0.15, -0.1) is 0 Å². The molecule has 0 spiro atoms. The maximum absolute atomic E-state index is 12.7. The van der Waals surface area contributed by atoms with Gasteiger partial charge in [0.1, 0.15) is 0 Å². The minimum Gasteiger partial charge on any atom is -0.399 e. The third-order valence-electron chi connectivity index (χ3n) is 4.80. The van der Waals surface area contributed by atoms with Crippen LogP contribution in [-0.4, -0.2) is 17.5 Å². The van der Waals surface area contributed by atoms with Gasteiger partial charge in [-0.25, -0.2) is 0 Å². The number of aryl methyl sites for hydroxylation is 1. The van der Waals surface area contributed by atoms with E-state index in [1.54, 1.807) is 6.07 Å². The van der Waals surface area contributed by atoms with Crippen LogP contribution in [0.2, 0.25) is 0 Å². The molecule has 0 amide bonds. The summed E-state index contributed by atoms with van der Waals surface area (Å²) < 4.78 is 7.48. The highest BCUT2D eigenvalue weighted by atomic mass is 16.5. The summed E-state index contributed by atoms with van der Waals surface area (Å²) in [6.07, 6.45) is 0.637. The number of fused-ring (bicyclic) bond motifs is 3. The summed E-state index contributed by atoms with van der Waals surface area (Å²) in [4.78, 5) is 24.1. The second kappa shape index (κ2) is 5.86. The smallest absolute Gasteiger partial charge is 0.200 e. The van der Waals surface area contributed by atoms with Gasteiger partial charge in [0.05, 0.1) is 30.0 Å². The summed E-state index contributed by atoms with van der Waals surface area (Å²) in [5.41, 5.74) is 11.2. The molecule has 4 rings (SSSR count). The number of aromatic nitrogens is 1. The van der Waals surface area contributed by atoms with Gasteiger partial charge in [0.15, 0.2) is 11.7 Å². The van der Waals surface area contributed by atoms with E-state index in [1.807, 2.05) is 41.8 Å². The number of nitrogens with zero attached hydrogens (tertiary/aromatic N) is 1. The van der Waals surface area contributed by atoms with Crippen LogP contribution in [0.25, 0.3) is 22.0 Å². The number of hydrogen-bond acceptors (Lipinski definition) is 4. The standard InChI is InChI=1S/C20H18N2O3/c1-12-2-4-14(21)9-16(12)13-3-5-15-18(8-13)22-6-7-25-11-19(22)17(10-23)20(15)24/h2-5,8-10H,6-7,11,21H2,1H3. The molecule has 25 heavy (non-hydrogen) atoms. The third kappa shape index (κ3) is 2.44. The topological polar surface area (TPSA) is 74.3 Å². The molecule has 0 bridgehead atoms. The molecule has 0 saturated heterocycles. The summed E-state index contributed by atoms with van der Waals surface area (Å²) in [6.45, 7) is 3.49. The largest absolute Gasteiger partial charge is 0.399 e. The molecule has 3 aromatic rings. The van der Waals surface area contributed by atoms with Crippen LogP contribution >= 0.6 is 0 Å². The first-order chi connectivity index (χ1) is 12.1. The zero-order chi connectivity index (χ0) is 17.6. The summed E-state index contributed by atoms with van der Waals surface area (Å²) in [5.74, 6) is 0. The summed E-state index contributed by atoms with van der Waals surface area (Å²) in [5, 5.41) is 0.554. The monoisotopic (exact) mass is 334 g/mol. The van der Waals surface area contributed by atoms with Gasteiger partial charge in [-0.1, -0.05) is 12.1 Å².